The van der Waals surface area contributed by atoms with Gasteiger partial charge >= 0.3 is 0 Å². The van der Waals surface area contributed by atoms with Crippen LogP contribution < -0.4 is 10.1 Å². The summed E-state index contributed by atoms with van der Waals surface area (Å²) in [6.07, 6.45) is 3.43. The van der Waals surface area contributed by atoms with Gasteiger partial charge in [0.05, 0.1) is 18.7 Å². The summed E-state index contributed by atoms with van der Waals surface area (Å²) < 4.78 is 19.4. The largest absolute Gasteiger partial charge is 0.496 e. The van der Waals surface area contributed by atoms with E-state index in [1.807, 2.05) is 19.1 Å². The van der Waals surface area contributed by atoms with Crippen LogP contribution in [0, 0.1) is 5.82 Å². The molecule has 4 heteroatoms. The molecule has 0 radical (unpaired) electrons. The van der Waals surface area contributed by atoms with E-state index in [2.05, 4.69) is 10.3 Å². The fourth-order valence-electron chi connectivity index (χ4n) is 2.11. The molecule has 0 aliphatic heterocycles. The fourth-order valence-corrected chi connectivity index (χ4v) is 2.11. The zero-order valence-electron chi connectivity index (χ0n) is 11.1. The highest BCUT2D eigenvalue weighted by atomic mass is 19.1. The predicted molar refractivity (Wildman–Crippen MR) is 72.7 cm³/mol. The number of aromatic nitrogens is 1. The lowest BCUT2D eigenvalue weighted by Crippen LogP contribution is -2.23. The molecular weight excluding hydrogens is 243 g/mol. The number of pyridine rings is 1. The van der Waals surface area contributed by atoms with Crippen LogP contribution in [0.4, 0.5) is 4.39 Å². The zero-order chi connectivity index (χ0) is 13.7. The first-order valence-corrected chi connectivity index (χ1v) is 6.23. The second-order valence-corrected chi connectivity index (χ2v) is 4.13. The van der Waals surface area contributed by atoms with Crippen molar-refractivity contribution in [1.29, 1.82) is 0 Å². The molecule has 2 rings (SSSR count). The Morgan fingerprint density at radius 2 is 2.16 bits per heavy atom. The Morgan fingerprint density at radius 1 is 1.32 bits per heavy atom. The highest BCUT2D eigenvalue weighted by Gasteiger charge is 2.21. The van der Waals surface area contributed by atoms with Crippen molar-refractivity contribution < 1.29 is 9.13 Å². The number of methoxy groups -OCH3 is 1. The van der Waals surface area contributed by atoms with E-state index in [1.54, 1.807) is 31.6 Å². The summed E-state index contributed by atoms with van der Waals surface area (Å²) >= 11 is 0. The van der Waals surface area contributed by atoms with Gasteiger partial charge in [-0.25, -0.2) is 4.39 Å². The maximum Gasteiger partial charge on any atom is 0.132 e. The van der Waals surface area contributed by atoms with Crippen LogP contribution in [0.1, 0.15) is 24.1 Å². The van der Waals surface area contributed by atoms with Gasteiger partial charge in [0.1, 0.15) is 11.6 Å². The second-order valence-electron chi connectivity index (χ2n) is 4.13. The predicted octanol–water partition coefficient (Wildman–Crippen LogP) is 2.93. The Morgan fingerprint density at radius 3 is 2.79 bits per heavy atom. The summed E-state index contributed by atoms with van der Waals surface area (Å²) in [6, 6.07) is 8.34. The van der Waals surface area contributed by atoms with Crippen molar-refractivity contribution >= 4 is 0 Å². The molecule has 100 valence electrons. The van der Waals surface area contributed by atoms with Crippen molar-refractivity contribution in [2.75, 3.05) is 13.7 Å². The van der Waals surface area contributed by atoms with Gasteiger partial charge in [-0.1, -0.05) is 19.1 Å². The van der Waals surface area contributed by atoms with Crippen molar-refractivity contribution in [3.8, 4) is 5.75 Å². The molecule has 0 spiro atoms. The van der Waals surface area contributed by atoms with Crippen LogP contribution in [0.3, 0.4) is 0 Å². The monoisotopic (exact) mass is 260 g/mol. The standard InChI is InChI=1S/C15H17FN2O/c1-3-18-15(11-6-5-9-17-10-11)14-12(16)7-4-8-13(14)19-2/h4-10,15,18H,3H2,1-2H3. The molecule has 0 bridgehead atoms. The molecule has 2 aromatic rings. The minimum Gasteiger partial charge on any atom is -0.496 e. The molecule has 0 saturated carbocycles. The van der Waals surface area contributed by atoms with Crippen LogP contribution >= 0.6 is 0 Å². The lowest BCUT2D eigenvalue weighted by molar-refractivity contribution is 0.397. The second kappa shape index (κ2) is 6.29. The highest BCUT2D eigenvalue weighted by Crippen LogP contribution is 2.31. The average molecular weight is 260 g/mol. The van der Waals surface area contributed by atoms with E-state index in [0.29, 0.717) is 11.3 Å². The molecule has 1 aromatic heterocycles. The van der Waals surface area contributed by atoms with Crippen molar-refractivity contribution in [3.63, 3.8) is 0 Å². The third-order valence-electron chi connectivity index (χ3n) is 2.95. The lowest BCUT2D eigenvalue weighted by atomic mass is 9.98. The summed E-state index contributed by atoms with van der Waals surface area (Å²) in [7, 11) is 1.55. The highest BCUT2D eigenvalue weighted by molar-refractivity contribution is 5.42. The molecule has 0 fully saturated rings. The smallest absolute Gasteiger partial charge is 0.132 e. The van der Waals surface area contributed by atoms with Gasteiger partial charge in [-0.3, -0.25) is 4.98 Å². The van der Waals surface area contributed by atoms with Crippen molar-refractivity contribution in [1.82, 2.24) is 10.3 Å². The van der Waals surface area contributed by atoms with Gasteiger partial charge in [0, 0.05) is 12.4 Å². The molecule has 0 amide bonds. The topological polar surface area (TPSA) is 34.2 Å². The van der Waals surface area contributed by atoms with Gasteiger partial charge in [0.25, 0.3) is 0 Å². The van der Waals surface area contributed by atoms with E-state index in [0.717, 1.165) is 12.1 Å². The van der Waals surface area contributed by atoms with Gasteiger partial charge in [-0.2, -0.15) is 0 Å². The third-order valence-corrected chi connectivity index (χ3v) is 2.95. The number of nitrogens with one attached hydrogen (secondary N) is 1. The van der Waals surface area contributed by atoms with Crippen molar-refractivity contribution in [3.05, 3.63) is 59.7 Å². The van der Waals surface area contributed by atoms with E-state index < -0.39 is 0 Å². The summed E-state index contributed by atoms with van der Waals surface area (Å²) in [5.41, 5.74) is 1.42. The van der Waals surface area contributed by atoms with Crippen LogP contribution in [0.5, 0.6) is 5.75 Å². The molecule has 1 atom stereocenters. The molecule has 1 heterocycles. The summed E-state index contributed by atoms with van der Waals surface area (Å²) in [4.78, 5) is 4.10. The molecule has 1 aromatic carbocycles. The molecule has 0 saturated heterocycles. The van der Waals surface area contributed by atoms with E-state index in [-0.39, 0.29) is 11.9 Å². The maximum absolute atomic E-state index is 14.2. The van der Waals surface area contributed by atoms with Crippen LogP contribution in [0.15, 0.2) is 42.7 Å². The fraction of sp³-hybridized carbons (Fsp3) is 0.267. The number of hydrogen-bond acceptors (Lipinski definition) is 3. The van der Waals surface area contributed by atoms with E-state index in [4.69, 9.17) is 4.74 Å². The number of benzene rings is 1. The first-order chi connectivity index (χ1) is 9.27. The molecule has 1 unspecified atom stereocenters. The first kappa shape index (κ1) is 13.5. The molecular formula is C15H17FN2O. The number of halogens is 1. The number of nitrogens with zero attached hydrogens (tertiary/aromatic N) is 1. The Bertz CT molecular complexity index is 531. The molecule has 3 nitrogen and oxygen atoms in total. The Hall–Kier alpha value is -1.94. The van der Waals surface area contributed by atoms with E-state index in [1.165, 1.54) is 6.07 Å². The third kappa shape index (κ3) is 2.90. The number of rotatable bonds is 5. The van der Waals surface area contributed by atoms with E-state index >= 15 is 0 Å². The normalized spacial score (nSPS) is 12.2. The average Bonchev–Trinajstić information content (AvgIpc) is 2.46. The zero-order valence-corrected chi connectivity index (χ0v) is 11.1. The van der Waals surface area contributed by atoms with E-state index in [9.17, 15) is 4.39 Å². The Labute approximate surface area is 112 Å². The first-order valence-electron chi connectivity index (χ1n) is 6.23. The minimum absolute atomic E-state index is 0.269. The van der Waals surface area contributed by atoms with Crippen molar-refractivity contribution in [2.45, 2.75) is 13.0 Å². The Kier molecular flexibility index (Phi) is 4.47. The Balaban J connectivity index is 2.51. The lowest BCUT2D eigenvalue weighted by Gasteiger charge is -2.21. The molecule has 1 N–H and O–H groups in total. The van der Waals surface area contributed by atoms with Crippen LogP contribution in [-0.4, -0.2) is 18.6 Å². The quantitative estimate of drug-likeness (QED) is 0.897. The van der Waals surface area contributed by atoms with Crippen LogP contribution in [-0.2, 0) is 0 Å². The summed E-state index contributed by atoms with van der Waals surface area (Å²) in [6.45, 7) is 2.70. The summed E-state index contributed by atoms with van der Waals surface area (Å²) in [5.74, 6) is 0.254. The van der Waals surface area contributed by atoms with Gasteiger partial charge in [-0.15, -0.1) is 0 Å². The maximum atomic E-state index is 14.2. The molecule has 19 heavy (non-hydrogen) atoms. The number of ether oxygens (including phenoxy) is 1. The molecule has 0 aliphatic carbocycles. The van der Waals surface area contributed by atoms with Gasteiger partial charge < -0.3 is 10.1 Å². The van der Waals surface area contributed by atoms with Crippen LogP contribution in [0.2, 0.25) is 0 Å². The minimum atomic E-state index is -0.283. The molecule has 0 aliphatic rings. The summed E-state index contributed by atoms with van der Waals surface area (Å²) in [5, 5.41) is 3.27. The van der Waals surface area contributed by atoms with Gasteiger partial charge in [0.2, 0.25) is 0 Å². The van der Waals surface area contributed by atoms with Gasteiger partial charge in [-0.05, 0) is 30.3 Å². The van der Waals surface area contributed by atoms with Gasteiger partial charge in [0.15, 0.2) is 0 Å². The van der Waals surface area contributed by atoms with Crippen molar-refractivity contribution in [2.24, 2.45) is 0 Å². The SMILES string of the molecule is CCNC(c1cccnc1)c1c(F)cccc1OC. The number of hydrogen-bond donors (Lipinski definition) is 1. The van der Waals surface area contributed by atoms with Crippen LogP contribution in [0.25, 0.3) is 0 Å².